The smallest absolute Gasteiger partial charge is 0.279 e. The van der Waals surface area contributed by atoms with Crippen LogP contribution in [0.25, 0.3) is 22.2 Å². The molecule has 3 aromatic rings. The molecule has 0 atom stereocenters. The van der Waals surface area contributed by atoms with Crippen LogP contribution in [-0.2, 0) is 7.05 Å². The number of aromatic amines is 1. The first kappa shape index (κ1) is 11.6. The van der Waals surface area contributed by atoms with Gasteiger partial charge in [0.05, 0.1) is 11.0 Å². The summed E-state index contributed by atoms with van der Waals surface area (Å²) in [6, 6.07) is 3.80. The Morgan fingerprint density at radius 1 is 1.05 bits per heavy atom. The van der Waals surface area contributed by atoms with Gasteiger partial charge in [0.15, 0.2) is 11.2 Å². The summed E-state index contributed by atoms with van der Waals surface area (Å²) < 4.78 is 1.29. The Morgan fingerprint density at radius 3 is 2.26 bits per heavy atom. The van der Waals surface area contributed by atoms with Gasteiger partial charge in [-0.1, -0.05) is 0 Å². The summed E-state index contributed by atoms with van der Waals surface area (Å²) in [4.78, 5) is 34.2. The zero-order valence-electron chi connectivity index (χ0n) is 10.8. The fraction of sp³-hybridized carbons (Fsp3) is 0.231. The molecule has 0 saturated heterocycles. The van der Waals surface area contributed by atoms with Crippen LogP contribution < -0.4 is 11.2 Å². The van der Waals surface area contributed by atoms with Gasteiger partial charge in [-0.05, 0) is 37.1 Å². The molecule has 0 saturated carbocycles. The first-order chi connectivity index (χ1) is 8.97. The minimum absolute atomic E-state index is 0.179. The second-order valence-electron chi connectivity index (χ2n) is 4.64. The van der Waals surface area contributed by atoms with Crippen LogP contribution in [0.5, 0.6) is 0 Å². The normalized spacial score (nSPS) is 11.3. The van der Waals surface area contributed by atoms with Crippen LogP contribution in [0.2, 0.25) is 0 Å². The van der Waals surface area contributed by atoms with E-state index in [4.69, 9.17) is 0 Å². The van der Waals surface area contributed by atoms with Crippen LogP contribution in [0, 0.1) is 13.8 Å². The van der Waals surface area contributed by atoms with Crippen LogP contribution in [0.4, 0.5) is 0 Å². The molecule has 6 heteroatoms. The van der Waals surface area contributed by atoms with Crippen molar-refractivity contribution in [3.05, 3.63) is 44.1 Å². The number of aryl methyl sites for hydroxylation is 3. The number of nitrogens with one attached hydrogen (secondary N) is 1. The lowest BCUT2D eigenvalue weighted by Crippen LogP contribution is -2.29. The lowest BCUT2D eigenvalue weighted by Gasteiger charge is -2.06. The van der Waals surface area contributed by atoms with Crippen molar-refractivity contribution in [2.75, 3.05) is 0 Å². The number of fused-ring (bicyclic) bond motifs is 2. The Bertz CT molecular complexity index is 937. The quantitative estimate of drug-likeness (QED) is 0.603. The van der Waals surface area contributed by atoms with Gasteiger partial charge in [0.2, 0.25) is 0 Å². The Hall–Kier alpha value is -2.50. The number of nitrogens with zero attached hydrogens (tertiary/aromatic N) is 3. The predicted octanol–water partition coefficient (Wildman–Crippen LogP) is 0.787. The molecule has 2 aromatic heterocycles. The fourth-order valence-electron chi connectivity index (χ4n) is 2.02. The van der Waals surface area contributed by atoms with Crippen molar-refractivity contribution in [2.45, 2.75) is 13.8 Å². The van der Waals surface area contributed by atoms with Crippen molar-refractivity contribution >= 4 is 22.2 Å². The molecule has 0 aliphatic rings. The first-order valence-electron chi connectivity index (χ1n) is 5.85. The van der Waals surface area contributed by atoms with E-state index in [1.165, 1.54) is 4.57 Å². The second-order valence-corrected chi connectivity index (χ2v) is 4.64. The van der Waals surface area contributed by atoms with E-state index >= 15 is 0 Å². The molecule has 0 radical (unpaired) electrons. The highest BCUT2D eigenvalue weighted by atomic mass is 16.2. The standard InChI is InChI=1S/C13H12N4O2/c1-6-4-8-9(5-7(6)2)15-11-10(14-8)12(18)16-13(19)17(11)3/h4-5H,1-3H3,(H,16,18,19). The molecule has 2 heterocycles. The molecule has 96 valence electrons. The second kappa shape index (κ2) is 3.74. The SMILES string of the molecule is Cc1cc2nc3c(=O)[nH]c(=O)n(C)c3nc2cc1C. The van der Waals surface area contributed by atoms with Crippen molar-refractivity contribution in [3.63, 3.8) is 0 Å². The number of hydrogen-bond acceptors (Lipinski definition) is 4. The fourth-order valence-corrected chi connectivity index (χ4v) is 2.02. The molecule has 0 aliphatic carbocycles. The van der Waals surface area contributed by atoms with Crippen molar-refractivity contribution < 1.29 is 0 Å². The third kappa shape index (κ3) is 1.64. The van der Waals surface area contributed by atoms with Gasteiger partial charge in [0, 0.05) is 7.05 Å². The number of rotatable bonds is 0. The van der Waals surface area contributed by atoms with E-state index in [-0.39, 0.29) is 5.52 Å². The van der Waals surface area contributed by atoms with E-state index < -0.39 is 11.2 Å². The number of benzene rings is 1. The van der Waals surface area contributed by atoms with Gasteiger partial charge in [-0.15, -0.1) is 0 Å². The van der Waals surface area contributed by atoms with Gasteiger partial charge in [-0.3, -0.25) is 14.3 Å². The molecule has 0 spiro atoms. The maximum absolute atomic E-state index is 11.8. The van der Waals surface area contributed by atoms with E-state index in [9.17, 15) is 9.59 Å². The number of aromatic nitrogens is 4. The first-order valence-corrected chi connectivity index (χ1v) is 5.85. The average Bonchev–Trinajstić information content (AvgIpc) is 2.36. The van der Waals surface area contributed by atoms with E-state index in [0.717, 1.165) is 11.1 Å². The zero-order valence-corrected chi connectivity index (χ0v) is 10.8. The van der Waals surface area contributed by atoms with Crippen molar-refractivity contribution in [3.8, 4) is 0 Å². The molecule has 0 amide bonds. The third-order valence-electron chi connectivity index (χ3n) is 3.32. The molecular formula is C13H12N4O2. The topological polar surface area (TPSA) is 80.6 Å². The molecule has 0 unspecified atom stereocenters. The third-order valence-corrected chi connectivity index (χ3v) is 3.32. The zero-order chi connectivity index (χ0) is 13.7. The van der Waals surface area contributed by atoms with E-state index in [2.05, 4.69) is 15.0 Å². The summed E-state index contributed by atoms with van der Waals surface area (Å²) in [5.74, 6) is 0. The van der Waals surface area contributed by atoms with E-state index in [1.54, 1.807) is 7.05 Å². The summed E-state index contributed by atoms with van der Waals surface area (Å²) in [6.07, 6.45) is 0. The summed E-state index contributed by atoms with van der Waals surface area (Å²) in [5, 5.41) is 0. The van der Waals surface area contributed by atoms with Crippen LogP contribution in [0.3, 0.4) is 0 Å². The Labute approximate surface area is 107 Å². The summed E-state index contributed by atoms with van der Waals surface area (Å²) in [5.41, 5.74) is 2.98. The molecule has 6 nitrogen and oxygen atoms in total. The van der Waals surface area contributed by atoms with E-state index in [0.29, 0.717) is 16.7 Å². The van der Waals surface area contributed by atoms with E-state index in [1.807, 2.05) is 26.0 Å². The molecular weight excluding hydrogens is 244 g/mol. The monoisotopic (exact) mass is 256 g/mol. The predicted molar refractivity (Wildman–Crippen MR) is 72.4 cm³/mol. The van der Waals surface area contributed by atoms with Crippen LogP contribution in [-0.4, -0.2) is 19.5 Å². The van der Waals surface area contributed by atoms with Crippen LogP contribution in [0.1, 0.15) is 11.1 Å². The maximum Gasteiger partial charge on any atom is 0.329 e. The lowest BCUT2D eigenvalue weighted by molar-refractivity contribution is 0.827. The minimum Gasteiger partial charge on any atom is -0.279 e. The largest absolute Gasteiger partial charge is 0.329 e. The van der Waals surface area contributed by atoms with Gasteiger partial charge < -0.3 is 0 Å². The van der Waals surface area contributed by atoms with Crippen LogP contribution in [0.15, 0.2) is 21.7 Å². The molecule has 0 aliphatic heterocycles. The highest BCUT2D eigenvalue weighted by Gasteiger charge is 2.10. The van der Waals surface area contributed by atoms with Crippen molar-refractivity contribution in [1.82, 2.24) is 19.5 Å². The molecule has 3 rings (SSSR count). The van der Waals surface area contributed by atoms with Crippen LogP contribution >= 0.6 is 0 Å². The molecule has 1 N–H and O–H groups in total. The minimum atomic E-state index is -0.509. The molecule has 1 aromatic carbocycles. The average molecular weight is 256 g/mol. The molecule has 0 bridgehead atoms. The number of hydrogen-bond donors (Lipinski definition) is 1. The highest BCUT2D eigenvalue weighted by molar-refractivity contribution is 5.84. The van der Waals surface area contributed by atoms with Crippen molar-refractivity contribution in [2.24, 2.45) is 7.05 Å². The Balaban J connectivity index is 2.59. The summed E-state index contributed by atoms with van der Waals surface area (Å²) in [6.45, 7) is 3.96. The Kier molecular flexibility index (Phi) is 2.28. The molecule has 0 fully saturated rings. The van der Waals surface area contributed by atoms with Gasteiger partial charge in [-0.25, -0.2) is 14.8 Å². The van der Waals surface area contributed by atoms with Gasteiger partial charge in [0.25, 0.3) is 5.56 Å². The maximum atomic E-state index is 11.8. The van der Waals surface area contributed by atoms with Gasteiger partial charge >= 0.3 is 5.69 Å². The Morgan fingerprint density at radius 2 is 1.63 bits per heavy atom. The summed E-state index contributed by atoms with van der Waals surface area (Å²) >= 11 is 0. The summed E-state index contributed by atoms with van der Waals surface area (Å²) in [7, 11) is 1.56. The highest BCUT2D eigenvalue weighted by Crippen LogP contribution is 2.17. The molecule has 19 heavy (non-hydrogen) atoms. The lowest BCUT2D eigenvalue weighted by atomic mass is 10.1. The van der Waals surface area contributed by atoms with Gasteiger partial charge in [0.1, 0.15) is 0 Å². The van der Waals surface area contributed by atoms with Gasteiger partial charge in [-0.2, -0.15) is 0 Å². The number of H-pyrrole nitrogens is 1. The van der Waals surface area contributed by atoms with Crippen molar-refractivity contribution in [1.29, 1.82) is 0 Å².